The van der Waals surface area contributed by atoms with E-state index in [0.717, 1.165) is 24.2 Å². The highest BCUT2D eigenvalue weighted by Gasteiger charge is 2.19. The number of aromatic amines is 1. The molecule has 1 heterocycles. The lowest BCUT2D eigenvalue weighted by Crippen LogP contribution is -2.34. The van der Waals surface area contributed by atoms with Crippen LogP contribution >= 0.6 is 0 Å². The Morgan fingerprint density at radius 2 is 2.00 bits per heavy atom. The van der Waals surface area contributed by atoms with Crippen LogP contribution in [0.25, 0.3) is 0 Å². The van der Waals surface area contributed by atoms with Crippen LogP contribution in [0.2, 0.25) is 0 Å². The summed E-state index contributed by atoms with van der Waals surface area (Å²) in [5.74, 6) is 0.669. The van der Waals surface area contributed by atoms with Crippen molar-refractivity contribution < 1.29 is 0 Å². The molecule has 0 radical (unpaired) electrons. The standard InChI is InChI=1S/C14H25N3O/c1-7-14(5,6)8-15-9(2)12-10(3)16-11(4)17-13(12)18/h9,15H,7-8H2,1-6H3,(H,16,17,18). The Morgan fingerprint density at radius 1 is 1.39 bits per heavy atom. The van der Waals surface area contributed by atoms with Gasteiger partial charge in [-0.1, -0.05) is 20.8 Å². The predicted octanol–water partition coefficient (Wildman–Crippen LogP) is 2.47. The zero-order valence-electron chi connectivity index (χ0n) is 12.3. The molecule has 1 rings (SSSR count). The molecule has 18 heavy (non-hydrogen) atoms. The Morgan fingerprint density at radius 3 is 2.50 bits per heavy atom. The van der Waals surface area contributed by atoms with E-state index < -0.39 is 0 Å². The van der Waals surface area contributed by atoms with Crippen molar-refractivity contribution in [3.8, 4) is 0 Å². The average molecular weight is 251 g/mol. The maximum atomic E-state index is 12.0. The molecular formula is C14H25N3O. The monoisotopic (exact) mass is 251 g/mol. The molecule has 0 aliphatic rings. The second-order valence-electron chi connectivity index (χ2n) is 5.77. The van der Waals surface area contributed by atoms with Crippen LogP contribution < -0.4 is 10.9 Å². The van der Waals surface area contributed by atoms with Crippen molar-refractivity contribution in [2.24, 2.45) is 5.41 Å². The molecule has 0 saturated carbocycles. The number of aryl methyl sites for hydroxylation is 2. The zero-order chi connectivity index (χ0) is 13.9. The first-order valence-electron chi connectivity index (χ1n) is 6.57. The van der Waals surface area contributed by atoms with Crippen LogP contribution in [0.3, 0.4) is 0 Å². The smallest absolute Gasteiger partial charge is 0.255 e. The van der Waals surface area contributed by atoms with Gasteiger partial charge in [0.15, 0.2) is 0 Å². The minimum atomic E-state index is -0.0331. The molecule has 102 valence electrons. The lowest BCUT2D eigenvalue weighted by molar-refractivity contribution is 0.313. The van der Waals surface area contributed by atoms with Crippen molar-refractivity contribution in [1.82, 2.24) is 15.3 Å². The van der Waals surface area contributed by atoms with Crippen LogP contribution in [0.1, 0.15) is 57.2 Å². The Labute approximate surface area is 109 Å². The third-order valence-electron chi connectivity index (χ3n) is 3.54. The summed E-state index contributed by atoms with van der Waals surface area (Å²) in [5, 5.41) is 3.43. The summed E-state index contributed by atoms with van der Waals surface area (Å²) < 4.78 is 0. The normalized spacial score (nSPS) is 13.7. The van der Waals surface area contributed by atoms with Crippen molar-refractivity contribution in [3.05, 3.63) is 27.4 Å². The highest BCUT2D eigenvalue weighted by atomic mass is 16.1. The lowest BCUT2D eigenvalue weighted by Gasteiger charge is -2.26. The van der Waals surface area contributed by atoms with Gasteiger partial charge >= 0.3 is 0 Å². The van der Waals surface area contributed by atoms with Crippen molar-refractivity contribution in [3.63, 3.8) is 0 Å². The van der Waals surface area contributed by atoms with E-state index in [9.17, 15) is 4.79 Å². The van der Waals surface area contributed by atoms with Gasteiger partial charge in [0.2, 0.25) is 0 Å². The van der Waals surface area contributed by atoms with E-state index >= 15 is 0 Å². The van der Waals surface area contributed by atoms with E-state index in [0.29, 0.717) is 5.82 Å². The Balaban J connectivity index is 2.86. The van der Waals surface area contributed by atoms with Crippen molar-refractivity contribution in [2.45, 2.75) is 54.0 Å². The summed E-state index contributed by atoms with van der Waals surface area (Å²) in [6.07, 6.45) is 1.11. The molecular weight excluding hydrogens is 226 g/mol. The first kappa shape index (κ1) is 14.9. The van der Waals surface area contributed by atoms with Crippen LogP contribution in [-0.4, -0.2) is 16.5 Å². The van der Waals surface area contributed by atoms with Gasteiger partial charge in [0, 0.05) is 18.3 Å². The third-order valence-corrected chi connectivity index (χ3v) is 3.54. The maximum absolute atomic E-state index is 12.0. The van der Waals surface area contributed by atoms with Crippen molar-refractivity contribution >= 4 is 0 Å². The molecule has 0 amide bonds. The predicted molar refractivity (Wildman–Crippen MR) is 74.8 cm³/mol. The lowest BCUT2D eigenvalue weighted by atomic mass is 9.90. The summed E-state index contributed by atoms with van der Waals surface area (Å²) in [5.41, 5.74) is 1.76. The van der Waals surface area contributed by atoms with Gasteiger partial charge < -0.3 is 10.3 Å². The second kappa shape index (κ2) is 5.65. The van der Waals surface area contributed by atoms with Gasteiger partial charge in [-0.25, -0.2) is 4.98 Å². The molecule has 2 N–H and O–H groups in total. The summed E-state index contributed by atoms with van der Waals surface area (Å²) >= 11 is 0. The molecule has 1 aromatic rings. The van der Waals surface area contributed by atoms with Crippen molar-refractivity contribution in [2.75, 3.05) is 6.54 Å². The minimum Gasteiger partial charge on any atom is -0.310 e. The number of nitrogens with zero attached hydrogens (tertiary/aromatic N) is 1. The molecule has 1 atom stereocenters. The van der Waals surface area contributed by atoms with Gasteiger partial charge in [-0.05, 0) is 32.6 Å². The second-order valence-corrected chi connectivity index (χ2v) is 5.77. The van der Waals surface area contributed by atoms with E-state index in [-0.39, 0.29) is 17.0 Å². The third kappa shape index (κ3) is 3.67. The molecule has 0 aliphatic carbocycles. The topological polar surface area (TPSA) is 57.8 Å². The Kier molecular flexibility index (Phi) is 4.68. The highest BCUT2D eigenvalue weighted by Crippen LogP contribution is 2.20. The molecule has 0 saturated heterocycles. The number of hydrogen-bond acceptors (Lipinski definition) is 3. The van der Waals surface area contributed by atoms with E-state index in [1.165, 1.54) is 0 Å². The van der Waals surface area contributed by atoms with Gasteiger partial charge in [-0.15, -0.1) is 0 Å². The number of hydrogen-bond donors (Lipinski definition) is 2. The molecule has 0 fully saturated rings. The van der Waals surface area contributed by atoms with E-state index in [1.807, 2.05) is 13.8 Å². The Bertz CT molecular complexity index is 463. The summed E-state index contributed by atoms with van der Waals surface area (Å²) in [6, 6.07) is 0.0210. The first-order chi connectivity index (χ1) is 8.26. The van der Waals surface area contributed by atoms with Crippen LogP contribution in [0.5, 0.6) is 0 Å². The highest BCUT2D eigenvalue weighted by molar-refractivity contribution is 5.20. The molecule has 0 bridgehead atoms. The van der Waals surface area contributed by atoms with Gasteiger partial charge in [0.25, 0.3) is 5.56 Å². The number of aromatic nitrogens is 2. The Hall–Kier alpha value is -1.16. The number of rotatable bonds is 5. The molecule has 0 aliphatic heterocycles. The van der Waals surface area contributed by atoms with Crippen LogP contribution in [0.15, 0.2) is 4.79 Å². The minimum absolute atomic E-state index is 0.0210. The molecule has 0 aromatic carbocycles. The fourth-order valence-corrected chi connectivity index (χ4v) is 1.90. The summed E-state index contributed by atoms with van der Waals surface area (Å²) in [7, 11) is 0. The SMILES string of the molecule is CCC(C)(C)CNC(C)c1c(C)nc(C)[nH]c1=O. The maximum Gasteiger partial charge on any atom is 0.255 e. The molecule has 4 heteroatoms. The van der Waals surface area contributed by atoms with Gasteiger partial charge in [-0.3, -0.25) is 4.79 Å². The van der Waals surface area contributed by atoms with E-state index in [1.54, 1.807) is 6.92 Å². The van der Waals surface area contributed by atoms with Crippen LogP contribution in [0.4, 0.5) is 0 Å². The number of H-pyrrole nitrogens is 1. The summed E-state index contributed by atoms with van der Waals surface area (Å²) in [4.78, 5) is 19.1. The van der Waals surface area contributed by atoms with E-state index in [4.69, 9.17) is 0 Å². The van der Waals surface area contributed by atoms with E-state index in [2.05, 4.69) is 36.1 Å². The fourth-order valence-electron chi connectivity index (χ4n) is 1.90. The summed E-state index contributed by atoms with van der Waals surface area (Å²) in [6.45, 7) is 13.2. The number of nitrogens with one attached hydrogen (secondary N) is 2. The van der Waals surface area contributed by atoms with Crippen LogP contribution in [0, 0.1) is 19.3 Å². The fraction of sp³-hybridized carbons (Fsp3) is 0.714. The van der Waals surface area contributed by atoms with Gasteiger partial charge in [0.1, 0.15) is 5.82 Å². The van der Waals surface area contributed by atoms with Crippen LogP contribution in [-0.2, 0) is 0 Å². The molecule has 4 nitrogen and oxygen atoms in total. The van der Waals surface area contributed by atoms with Crippen molar-refractivity contribution in [1.29, 1.82) is 0 Å². The first-order valence-corrected chi connectivity index (χ1v) is 6.57. The average Bonchev–Trinajstić information content (AvgIpc) is 2.25. The zero-order valence-corrected chi connectivity index (χ0v) is 12.3. The molecule has 0 spiro atoms. The molecule has 1 unspecified atom stereocenters. The molecule has 1 aromatic heterocycles. The largest absolute Gasteiger partial charge is 0.310 e. The quantitative estimate of drug-likeness (QED) is 0.845. The van der Waals surface area contributed by atoms with Gasteiger partial charge in [-0.2, -0.15) is 0 Å². The van der Waals surface area contributed by atoms with Gasteiger partial charge in [0.05, 0.1) is 5.56 Å².